The number of halogens is 1. The SMILES string of the molecule is Cc1cc2oc(C(=O)Nc3nnc(SCc4cccc5ccccc45)s3)c(C)c2cc1Cl. The van der Waals surface area contributed by atoms with Gasteiger partial charge in [0.1, 0.15) is 5.58 Å². The van der Waals surface area contributed by atoms with Crippen LogP contribution in [0.3, 0.4) is 0 Å². The van der Waals surface area contributed by atoms with E-state index in [1.165, 1.54) is 27.7 Å². The number of nitrogens with zero attached hydrogens (tertiary/aromatic N) is 2. The minimum atomic E-state index is -0.353. The zero-order chi connectivity index (χ0) is 22.2. The van der Waals surface area contributed by atoms with Crippen LogP contribution in [0.1, 0.15) is 27.2 Å². The fourth-order valence-corrected chi connectivity index (χ4v) is 5.50. The number of hydrogen-bond acceptors (Lipinski definition) is 6. The zero-order valence-corrected chi connectivity index (χ0v) is 19.7. The summed E-state index contributed by atoms with van der Waals surface area (Å²) < 4.78 is 6.59. The number of thioether (sulfide) groups is 1. The molecule has 0 saturated carbocycles. The van der Waals surface area contributed by atoms with Gasteiger partial charge in [-0.3, -0.25) is 10.1 Å². The Hall–Kier alpha value is -2.87. The second-order valence-corrected chi connectivity index (χ2v) is 10.0. The van der Waals surface area contributed by atoms with Gasteiger partial charge in [0.15, 0.2) is 10.1 Å². The van der Waals surface area contributed by atoms with Crippen LogP contribution in [-0.2, 0) is 5.75 Å². The molecule has 0 aliphatic rings. The summed E-state index contributed by atoms with van der Waals surface area (Å²) in [6, 6.07) is 18.3. The first-order valence-corrected chi connectivity index (χ1v) is 12.1. The highest BCUT2D eigenvalue weighted by molar-refractivity contribution is 8.00. The molecule has 2 aromatic heterocycles. The number of aryl methyl sites for hydroxylation is 2. The fourth-order valence-electron chi connectivity index (χ4n) is 3.59. The summed E-state index contributed by atoms with van der Waals surface area (Å²) in [6.07, 6.45) is 0. The number of nitrogens with one attached hydrogen (secondary N) is 1. The summed E-state index contributed by atoms with van der Waals surface area (Å²) in [5.41, 5.74) is 3.52. The van der Waals surface area contributed by atoms with Crippen LogP contribution in [0.4, 0.5) is 5.13 Å². The first-order valence-electron chi connectivity index (χ1n) is 9.93. The predicted molar refractivity (Wildman–Crippen MR) is 132 cm³/mol. The topological polar surface area (TPSA) is 68.0 Å². The molecule has 3 aromatic carbocycles. The average molecular weight is 480 g/mol. The van der Waals surface area contributed by atoms with Crippen molar-refractivity contribution in [2.45, 2.75) is 23.9 Å². The van der Waals surface area contributed by atoms with Gasteiger partial charge in [-0.25, -0.2) is 0 Å². The lowest BCUT2D eigenvalue weighted by atomic mass is 10.1. The van der Waals surface area contributed by atoms with E-state index in [1.807, 2.05) is 38.1 Å². The van der Waals surface area contributed by atoms with Gasteiger partial charge in [0.2, 0.25) is 5.13 Å². The Balaban J connectivity index is 1.30. The molecule has 0 atom stereocenters. The normalized spacial score (nSPS) is 11.3. The lowest BCUT2D eigenvalue weighted by Crippen LogP contribution is -2.11. The van der Waals surface area contributed by atoms with Gasteiger partial charge in [-0.05, 0) is 47.9 Å². The van der Waals surface area contributed by atoms with E-state index in [0.717, 1.165) is 26.6 Å². The second-order valence-electron chi connectivity index (χ2n) is 7.41. The van der Waals surface area contributed by atoms with E-state index in [0.29, 0.717) is 15.7 Å². The third kappa shape index (κ3) is 3.99. The Kier molecular flexibility index (Phi) is 5.63. The number of rotatable bonds is 5. The second kappa shape index (κ2) is 8.58. The largest absolute Gasteiger partial charge is 0.451 e. The van der Waals surface area contributed by atoms with Gasteiger partial charge in [-0.2, -0.15) is 0 Å². The summed E-state index contributed by atoms with van der Waals surface area (Å²) >= 11 is 9.17. The van der Waals surface area contributed by atoms with Crippen LogP contribution in [0.2, 0.25) is 5.02 Å². The van der Waals surface area contributed by atoms with Gasteiger partial charge in [-0.1, -0.05) is 77.2 Å². The molecular weight excluding hydrogens is 462 g/mol. The van der Waals surface area contributed by atoms with Gasteiger partial charge in [0.25, 0.3) is 5.91 Å². The van der Waals surface area contributed by atoms with E-state index in [9.17, 15) is 4.79 Å². The van der Waals surface area contributed by atoms with Crippen LogP contribution in [0.15, 0.2) is 63.4 Å². The molecule has 5 nitrogen and oxygen atoms in total. The molecule has 32 heavy (non-hydrogen) atoms. The molecule has 5 rings (SSSR count). The number of hydrogen-bond donors (Lipinski definition) is 1. The smallest absolute Gasteiger partial charge is 0.293 e. The van der Waals surface area contributed by atoms with Crippen molar-refractivity contribution in [1.29, 1.82) is 0 Å². The maximum Gasteiger partial charge on any atom is 0.293 e. The van der Waals surface area contributed by atoms with E-state index in [2.05, 4.69) is 45.8 Å². The number of anilines is 1. The molecule has 160 valence electrons. The standard InChI is InChI=1S/C24H18ClN3O2S2/c1-13-10-20-18(11-19(13)25)14(2)21(30-20)22(29)26-23-27-28-24(32-23)31-12-16-8-5-7-15-6-3-4-9-17(15)16/h3-11H,12H2,1-2H3,(H,26,27,29). The Morgan fingerprint density at radius 2 is 1.91 bits per heavy atom. The summed E-state index contributed by atoms with van der Waals surface area (Å²) in [5, 5.41) is 15.5. The van der Waals surface area contributed by atoms with Gasteiger partial charge < -0.3 is 4.42 Å². The lowest BCUT2D eigenvalue weighted by Gasteiger charge is -2.04. The maximum atomic E-state index is 12.8. The molecule has 0 radical (unpaired) electrons. The van der Waals surface area contributed by atoms with Gasteiger partial charge in [0, 0.05) is 21.7 Å². The van der Waals surface area contributed by atoms with Crippen LogP contribution >= 0.6 is 34.7 Å². The Morgan fingerprint density at radius 3 is 2.78 bits per heavy atom. The van der Waals surface area contributed by atoms with Crippen molar-refractivity contribution < 1.29 is 9.21 Å². The molecule has 0 fully saturated rings. The molecule has 0 aliphatic carbocycles. The van der Waals surface area contributed by atoms with Gasteiger partial charge in [-0.15, -0.1) is 10.2 Å². The van der Waals surface area contributed by atoms with Crippen LogP contribution < -0.4 is 5.32 Å². The molecule has 1 amide bonds. The van der Waals surface area contributed by atoms with E-state index in [-0.39, 0.29) is 11.7 Å². The Morgan fingerprint density at radius 1 is 1.09 bits per heavy atom. The summed E-state index contributed by atoms with van der Waals surface area (Å²) in [5.74, 6) is 0.670. The summed E-state index contributed by atoms with van der Waals surface area (Å²) in [7, 11) is 0. The van der Waals surface area contributed by atoms with Crippen molar-refractivity contribution in [3.05, 3.63) is 82.1 Å². The number of carbonyl (C=O) groups excluding carboxylic acids is 1. The lowest BCUT2D eigenvalue weighted by molar-refractivity contribution is 0.0998. The highest BCUT2D eigenvalue weighted by Crippen LogP contribution is 2.33. The molecule has 2 heterocycles. The number of benzene rings is 3. The van der Waals surface area contributed by atoms with Crippen molar-refractivity contribution in [3.8, 4) is 0 Å². The Labute approximate surface area is 197 Å². The van der Waals surface area contributed by atoms with E-state index in [1.54, 1.807) is 11.8 Å². The average Bonchev–Trinajstić information content (AvgIpc) is 3.37. The van der Waals surface area contributed by atoms with Crippen LogP contribution in [-0.4, -0.2) is 16.1 Å². The number of aromatic nitrogens is 2. The molecule has 0 saturated heterocycles. The van der Waals surface area contributed by atoms with Crippen LogP contribution in [0, 0.1) is 13.8 Å². The number of furan rings is 1. The zero-order valence-electron chi connectivity index (χ0n) is 17.3. The maximum absolute atomic E-state index is 12.8. The highest BCUT2D eigenvalue weighted by atomic mass is 35.5. The molecule has 0 spiro atoms. The third-order valence-corrected chi connectivity index (χ3v) is 7.71. The minimum absolute atomic E-state index is 0.252. The molecule has 5 aromatic rings. The first kappa shape index (κ1) is 21.0. The van der Waals surface area contributed by atoms with Crippen molar-refractivity contribution in [1.82, 2.24) is 10.2 Å². The molecule has 8 heteroatoms. The highest BCUT2D eigenvalue weighted by Gasteiger charge is 2.20. The van der Waals surface area contributed by atoms with E-state index >= 15 is 0 Å². The van der Waals surface area contributed by atoms with E-state index in [4.69, 9.17) is 16.0 Å². The first-order chi connectivity index (χ1) is 15.5. The molecule has 0 unspecified atom stereocenters. The van der Waals surface area contributed by atoms with Gasteiger partial charge in [0.05, 0.1) is 0 Å². The molecule has 0 aliphatic heterocycles. The molecule has 1 N–H and O–H groups in total. The summed E-state index contributed by atoms with van der Waals surface area (Å²) in [4.78, 5) is 12.8. The third-order valence-electron chi connectivity index (χ3n) is 5.28. The fraction of sp³-hybridized carbons (Fsp3) is 0.125. The van der Waals surface area contributed by atoms with Crippen LogP contribution in [0.5, 0.6) is 0 Å². The predicted octanol–water partition coefficient (Wildman–Crippen LogP) is 7.25. The van der Waals surface area contributed by atoms with Crippen LogP contribution in [0.25, 0.3) is 21.7 Å². The van der Waals surface area contributed by atoms with Crippen molar-refractivity contribution in [2.75, 3.05) is 5.32 Å². The summed E-state index contributed by atoms with van der Waals surface area (Å²) in [6.45, 7) is 3.75. The van der Waals surface area contributed by atoms with E-state index < -0.39 is 0 Å². The Bertz CT molecular complexity index is 1470. The number of carbonyl (C=O) groups is 1. The quantitative estimate of drug-likeness (QED) is 0.212. The van der Waals surface area contributed by atoms with Crippen molar-refractivity contribution in [2.24, 2.45) is 0 Å². The minimum Gasteiger partial charge on any atom is -0.451 e. The van der Waals surface area contributed by atoms with Crippen molar-refractivity contribution >= 4 is 67.5 Å². The van der Waals surface area contributed by atoms with Crippen molar-refractivity contribution in [3.63, 3.8) is 0 Å². The monoisotopic (exact) mass is 479 g/mol. The number of fused-ring (bicyclic) bond motifs is 2. The molecule has 0 bridgehead atoms. The molecular formula is C24H18ClN3O2S2. The van der Waals surface area contributed by atoms with Gasteiger partial charge >= 0.3 is 0 Å². The number of amides is 1.